The second-order valence-corrected chi connectivity index (χ2v) is 4.61. The van der Waals surface area contributed by atoms with E-state index in [4.69, 9.17) is 11.6 Å². The lowest BCUT2D eigenvalue weighted by Gasteiger charge is -2.02. The number of para-hydroxylation sites is 1. The van der Waals surface area contributed by atoms with Crippen molar-refractivity contribution < 1.29 is 0 Å². The zero-order valence-electron chi connectivity index (χ0n) is 8.74. The van der Waals surface area contributed by atoms with Crippen molar-refractivity contribution in [3.8, 4) is 5.69 Å². The predicted molar refractivity (Wildman–Crippen MR) is 69.0 cm³/mol. The summed E-state index contributed by atoms with van der Waals surface area (Å²) < 4.78 is 2.75. The van der Waals surface area contributed by atoms with Crippen LogP contribution in [0.3, 0.4) is 0 Å². The molecule has 0 unspecified atom stereocenters. The third kappa shape index (κ3) is 2.29. The quantitative estimate of drug-likeness (QED) is 0.944. The van der Waals surface area contributed by atoms with E-state index in [2.05, 4.69) is 26.3 Å². The molecule has 0 spiro atoms. The number of rotatable bonds is 3. The molecule has 0 saturated carbocycles. The fourth-order valence-corrected chi connectivity index (χ4v) is 2.07. The van der Waals surface area contributed by atoms with Gasteiger partial charge in [-0.05, 0) is 35.1 Å². The van der Waals surface area contributed by atoms with Crippen molar-refractivity contribution in [2.45, 2.75) is 6.54 Å². The van der Waals surface area contributed by atoms with Gasteiger partial charge in [0.1, 0.15) is 0 Å². The van der Waals surface area contributed by atoms with Gasteiger partial charge in [0.2, 0.25) is 0 Å². The van der Waals surface area contributed by atoms with E-state index in [0.29, 0.717) is 5.02 Å². The molecule has 0 atom stereocenters. The van der Waals surface area contributed by atoms with E-state index in [1.807, 2.05) is 37.5 Å². The van der Waals surface area contributed by atoms with Crippen molar-refractivity contribution in [3.63, 3.8) is 0 Å². The number of hydrogen-bond donors (Lipinski definition) is 1. The minimum absolute atomic E-state index is 0.688. The van der Waals surface area contributed by atoms with E-state index < -0.39 is 0 Å². The second-order valence-electron chi connectivity index (χ2n) is 3.35. The first-order chi connectivity index (χ1) is 7.72. The monoisotopic (exact) mass is 299 g/mol. The van der Waals surface area contributed by atoms with Crippen LogP contribution in [0.15, 0.2) is 34.9 Å². The maximum Gasteiger partial charge on any atom is 0.0908 e. The Morgan fingerprint density at radius 3 is 2.88 bits per heavy atom. The van der Waals surface area contributed by atoms with Crippen LogP contribution < -0.4 is 5.32 Å². The minimum atomic E-state index is 0.688. The summed E-state index contributed by atoms with van der Waals surface area (Å²) >= 11 is 9.58. The number of hydrogen-bond acceptors (Lipinski definition) is 2. The van der Waals surface area contributed by atoms with E-state index in [9.17, 15) is 0 Å². The highest BCUT2D eigenvalue weighted by Gasteiger charge is 2.08. The Bertz CT molecular complexity index is 496. The van der Waals surface area contributed by atoms with Gasteiger partial charge in [0.25, 0.3) is 0 Å². The summed E-state index contributed by atoms with van der Waals surface area (Å²) in [5, 5.41) is 8.21. The average molecular weight is 301 g/mol. The lowest BCUT2D eigenvalue weighted by atomic mass is 10.3. The molecule has 1 aromatic heterocycles. The highest BCUT2D eigenvalue weighted by Crippen LogP contribution is 2.22. The largest absolute Gasteiger partial charge is 0.314 e. The molecule has 0 aliphatic carbocycles. The fraction of sp³-hybridized carbons (Fsp3) is 0.182. The lowest BCUT2D eigenvalue weighted by molar-refractivity contribution is 0.755. The molecular weight excluding hydrogens is 289 g/mol. The first kappa shape index (κ1) is 11.6. The lowest BCUT2D eigenvalue weighted by Crippen LogP contribution is -2.07. The van der Waals surface area contributed by atoms with Crippen LogP contribution in [-0.4, -0.2) is 16.8 Å². The third-order valence-corrected chi connectivity index (χ3v) is 3.17. The van der Waals surface area contributed by atoms with Crippen LogP contribution in [0.5, 0.6) is 0 Å². The normalized spacial score (nSPS) is 10.7. The number of aromatic nitrogens is 2. The van der Waals surface area contributed by atoms with Crippen LogP contribution in [0, 0.1) is 0 Å². The van der Waals surface area contributed by atoms with E-state index in [1.165, 1.54) is 0 Å². The highest BCUT2D eigenvalue weighted by molar-refractivity contribution is 9.10. The van der Waals surface area contributed by atoms with Gasteiger partial charge in [0.15, 0.2) is 0 Å². The van der Waals surface area contributed by atoms with Crippen LogP contribution in [0.4, 0.5) is 0 Å². The van der Waals surface area contributed by atoms with Gasteiger partial charge in [0.05, 0.1) is 20.9 Å². The second kappa shape index (κ2) is 4.99. The van der Waals surface area contributed by atoms with Gasteiger partial charge in [0, 0.05) is 12.7 Å². The number of nitrogens with zero attached hydrogens (tertiary/aromatic N) is 2. The molecule has 5 heteroatoms. The van der Waals surface area contributed by atoms with Gasteiger partial charge in [-0.3, -0.25) is 0 Å². The maximum atomic E-state index is 6.11. The van der Waals surface area contributed by atoms with Crippen LogP contribution >= 0.6 is 27.5 Å². The van der Waals surface area contributed by atoms with Crippen LogP contribution in [0.1, 0.15) is 5.69 Å². The summed E-state index contributed by atoms with van der Waals surface area (Å²) in [4.78, 5) is 0. The number of nitrogens with one attached hydrogen (secondary N) is 1. The van der Waals surface area contributed by atoms with E-state index in [1.54, 1.807) is 4.68 Å². The molecule has 0 bridgehead atoms. The molecule has 16 heavy (non-hydrogen) atoms. The molecule has 0 saturated heterocycles. The van der Waals surface area contributed by atoms with Crippen LogP contribution in [0.2, 0.25) is 5.02 Å². The molecule has 0 aliphatic heterocycles. The summed E-state index contributed by atoms with van der Waals surface area (Å²) in [6, 6.07) is 7.63. The third-order valence-electron chi connectivity index (χ3n) is 2.18. The van der Waals surface area contributed by atoms with Gasteiger partial charge in [-0.2, -0.15) is 5.10 Å². The summed E-state index contributed by atoms with van der Waals surface area (Å²) in [5.74, 6) is 0. The standard InChI is InChI=1S/C11H11BrClN3/c1-14-6-10-8(12)7-16(15-10)11-5-3-2-4-9(11)13/h2-5,7,14H,6H2,1H3. The molecule has 1 heterocycles. The van der Waals surface area contributed by atoms with Gasteiger partial charge >= 0.3 is 0 Å². The smallest absolute Gasteiger partial charge is 0.0908 e. The van der Waals surface area contributed by atoms with Gasteiger partial charge in [-0.15, -0.1) is 0 Å². The van der Waals surface area contributed by atoms with Crippen LogP contribution in [0.25, 0.3) is 5.69 Å². The number of benzene rings is 1. The van der Waals surface area contributed by atoms with Gasteiger partial charge < -0.3 is 5.32 Å². The van der Waals surface area contributed by atoms with Crippen molar-refractivity contribution in [1.82, 2.24) is 15.1 Å². The Balaban J connectivity index is 2.42. The SMILES string of the molecule is CNCc1nn(-c2ccccc2Cl)cc1Br. The minimum Gasteiger partial charge on any atom is -0.314 e. The molecule has 1 N–H and O–H groups in total. The Morgan fingerprint density at radius 1 is 1.44 bits per heavy atom. The topological polar surface area (TPSA) is 29.9 Å². The van der Waals surface area contributed by atoms with E-state index in [0.717, 1.165) is 22.4 Å². The first-order valence-electron chi connectivity index (χ1n) is 4.86. The molecular formula is C11H11BrClN3. The Labute approximate surface area is 108 Å². The van der Waals surface area contributed by atoms with E-state index in [-0.39, 0.29) is 0 Å². The Kier molecular flexibility index (Phi) is 3.63. The molecule has 2 rings (SSSR count). The summed E-state index contributed by atoms with van der Waals surface area (Å²) in [5.41, 5.74) is 1.84. The summed E-state index contributed by atoms with van der Waals surface area (Å²) in [7, 11) is 1.89. The molecule has 0 fully saturated rings. The zero-order chi connectivity index (χ0) is 11.5. The zero-order valence-corrected chi connectivity index (χ0v) is 11.1. The first-order valence-corrected chi connectivity index (χ1v) is 6.03. The Morgan fingerprint density at radius 2 is 2.19 bits per heavy atom. The molecule has 0 amide bonds. The number of halogens is 2. The molecule has 0 aliphatic rings. The summed E-state index contributed by atoms with van der Waals surface area (Å²) in [6.07, 6.45) is 1.91. The van der Waals surface area contributed by atoms with Crippen molar-refractivity contribution in [2.75, 3.05) is 7.05 Å². The highest BCUT2D eigenvalue weighted by atomic mass is 79.9. The summed E-state index contributed by atoms with van der Waals surface area (Å²) in [6.45, 7) is 0.720. The van der Waals surface area contributed by atoms with Crippen molar-refractivity contribution >= 4 is 27.5 Å². The van der Waals surface area contributed by atoms with Crippen molar-refractivity contribution in [2.24, 2.45) is 0 Å². The van der Waals surface area contributed by atoms with Crippen LogP contribution in [-0.2, 0) is 6.54 Å². The van der Waals surface area contributed by atoms with Gasteiger partial charge in [-0.1, -0.05) is 23.7 Å². The Hall–Kier alpha value is -0.840. The molecule has 0 radical (unpaired) electrons. The van der Waals surface area contributed by atoms with Gasteiger partial charge in [-0.25, -0.2) is 4.68 Å². The molecule has 2 aromatic rings. The predicted octanol–water partition coefficient (Wildman–Crippen LogP) is 3.01. The fourth-order valence-electron chi connectivity index (χ4n) is 1.44. The van der Waals surface area contributed by atoms with Crippen molar-refractivity contribution in [1.29, 1.82) is 0 Å². The van der Waals surface area contributed by atoms with Crippen molar-refractivity contribution in [3.05, 3.63) is 45.7 Å². The molecule has 3 nitrogen and oxygen atoms in total. The maximum absolute atomic E-state index is 6.11. The molecule has 1 aromatic carbocycles. The van der Waals surface area contributed by atoms with E-state index >= 15 is 0 Å². The average Bonchev–Trinajstić information content (AvgIpc) is 2.61. The molecule has 84 valence electrons.